The Bertz CT molecular complexity index is 706. The average molecular weight is 347 g/mol. The van der Waals surface area contributed by atoms with Crippen molar-refractivity contribution in [1.82, 2.24) is 10.3 Å². The fraction of sp³-hybridized carbons (Fsp3) is 0.588. The molecule has 0 aromatic heterocycles. The number of fused-ring (bicyclic) bond motifs is 1. The average Bonchev–Trinajstić information content (AvgIpc) is 3.09. The summed E-state index contributed by atoms with van der Waals surface area (Å²) in [5.74, 6) is -0.586. The third kappa shape index (κ3) is 2.61. The van der Waals surface area contributed by atoms with E-state index in [2.05, 4.69) is 5.43 Å². The van der Waals surface area contributed by atoms with Gasteiger partial charge in [0.25, 0.3) is 17.3 Å². The fourth-order valence-electron chi connectivity index (χ4n) is 4.56. The van der Waals surface area contributed by atoms with E-state index in [1.165, 1.54) is 18.6 Å². The third-order valence-corrected chi connectivity index (χ3v) is 5.91. The van der Waals surface area contributed by atoms with Crippen molar-refractivity contribution in [2.24, 2.45) is 5.92 Å². The number of carbonyl (C=O) groups excluding carboxylic acids is 1. The summed E-state index contributed by atoms with van der Waals surface area (Å²) < 4.78 is 0. The number of nitrogens with one attached hydrogen (secondary N) is 1. The van der Waals surface area contributed by atoms with Crippen LogP contribution in [0.4, 0.5) is 5.69 Å². The number of rotatable bonds is 3. The van der Waals surface area contributed by atoms with Crippen LogP contribution in [0.5, 0.6) is 0 Å². The molecule has 3 fully saturated rings. The van der Waals surface area contributed by atoms with E-state index in [0.29, 0.717) is 6.54 Å². The van der Waals surface area contributed by atoms with Crippen molar-refractivity contribution in [2.45, 2.75) is 49.9 Å². The summed E-state index contributed by atoms with van der Waals surface area (Å²) >= 11 is 0. The van der Waals surface area contributed by atoms with Crippen molar-refractivity contribution in [1.29, 1.82) is 0 Å². The molecule has 3 atom stereocenters. The van der Waals surface area contributed by atoms with Gasteiger partial charge in [0.15, 0.2) is 0 Å². The van der Waals surface area contributed by atoms with E-state index in [9.17, 15) is 20.0 Å². The van der Waals surface area contributed by atoms with Gasteiger partial charge < -0.3 is 10.0 Å². The van der Waals surface area contributed by atoms with Gasteiger partial charge in [0.05, 0.1) is 10.8 Å². The number of nitrogens with zero attached hydrogens (tertiary/aromatic N) is 2. The van der Waals surface area contributed by atoms with Gasteiger partial charge >= 0.3 is 0 Å². The second-order valence-corrected chi connectivity index (χ2v) is 7.31. The number of non-ortho nitro benzene ring substituents is 1. The van der Waals surface area contributed by atoms with E-state index in [-0.39, 0.29) is 29.6 Å². The molecule has 1 aliphatic carbocycles. The molecule has 1 aromatic rings. The van der Waals surface area contributed by atoms with Crippen molar-refractivity contribution in [2.75, 3.05) is 6.54 Å². The number of hydrogen-bond acceptors (Lipinski definition) is 5. The van der Waals surface area contributed by atoms with E-state index < -0.39 is 10.6 Å². The molecule has 134 valence electrons. The van der Waals surface area contributed by atoms with Gasteiger partial charge in [-0.25, -0.2) is 0 Å². The lowest BCUT2D eigenvalue weighted by Gasteiger charge is -2.32. The second kappa shape index (κ2) is 6.05. The lowest BCUT2D eigenvalue weighted by molar-refractivity contribution is -0.737. The third-order valence-electron chi connectivity index (χ3n) is 5.91. The van der Waals surface area contributed by atoms with Gasteiger partial charge in [-0.3, -0.25) is 20.3 Å². The van der Waals surface area contributed by atoms with Gasteiger partial charge in [0, 0.05) is 30.3 Å². The van der Waals surface area contributed by atoms with Crippen LogP contribution in [0, 0.1) is 16.0 Å². The van der Waals surface area contributed by atoms with Crippen molar-refractivity contribution >= 4 is 11.6 Å². The Kier molecular flexibility index (Phi) is 3.98. The predicted molar refractivity (Wildman–Crippen MR) is 87.9 cm³/mol. The minimum absolute atomic E-state index is 0.0230. The zero-order valence-electron chi connectivity index (χ0n) is 13.9. The molecule has 8 nitrogen and oxygen atoms in total. The first kappa shape index (κ1) is 16.4. The number of nitro benzene ring substituents is 1. The van der Waals surface area contributed by atoms with Crippen LogP contribution in [0.25, 0.3) is 0 Å². The molecule has 2 aliphatic heterocycles. The molecule has 1 aromatic carbocycles. The number of quaternary nitrogens is 1. The van der Waals surface area contributed by atoms with E-state index >= 15 is 0 Å². The summed E-state index contributed by atoms with van der Waals surface area (Å²) in [5, 5.41) is 22.0. The van der Waals surface area contributed by atoms with Gasteiger partial charge in [-0.1, -0.05) is 31.4 Å². The molecule has 0 unspecified atom stereocenters. The largest absolute Gasteiger partial charge is 0.363 e. The number of nitro groups is 1. The van der Waals surface area contributed by atoms with Gasteiger partial charge in [-0.15, -0.1) is 5.43 Å². The normalized spacial score (nSPS) is 32.8. The van der Waals surface area contributed by atoms with E-state index in [1.54, 1.807) is 11.5 Å². The molecule has 4 rings (SSSR count). The van der Waals surface area contributed by atoms with Crippen molar-refractivity contribution < 1.29 is 20.3 Å². The first-order valence-electron chi connectivity index (χ1n) is 8.89. The number of benzene rings is 1. The maximum absolute atomic E-state index is 12.8. The summed E-state index contributed by atoms with van der Waals surface area (Å²) in [7, 11) is 0. The minimum atomic E-state index is -1.59. The monoisotopic (exact) mass is 347 g/mol. The molecular weight excluding hydrogens is 324 g/mol. The van der Waals surface area contributed by atoms with Crippen LogP contribution in [0.2, 0.25) is 0 Å². The minimum Gasteiger partial charge on any atom is -0.363 e. The Morgan fingerprint density at radius 1 is 1.32 bits per heavy atom. The maximum atomic E-state index is 12.8. The first-order valence-corrected chi connectivity index (χ1v) is 8.89. The highest BCUT2D eigenvalue weighted by atomic mass is 16.6. The number of likely N-dealkylation sites (tertiary alicyclic amines) is 1. The zero-order chi connectivity index (χ0) is 17.6. The molecule has 3 aliphatic rings. The topological polar surface area (TPSA) is 112 Å². The molecule has 1 saturated carbocycles. The first-order chi connectivity index (χ1) is 12.0. The zero-order valence-corrected chi connectivity index (χ0v) is 13.9. The number of aliphatic hydroxyl groups is 1. The van der Waals surface area contributed by atoms with Crippen LogP contribution in [0.1, 0.15) is 43.7 Å². The Labute approximate surface area is 145 Å². The van der Waals surface area contributed by atoms with Crippen LogP contribution in [0.15, 0.2) is 24.3 Å². The Morgan fingerprint density at radius 2 is 2.08 bits per heavy atom. The standard InChI is InChI=1S/C17H22N4O4/c22-16-17(23)14(10-20(16)12-6-2-1-3-7-12)15(18-19-17)11-5-4-8-13(9-11)21(24)25/h4-5,8-9,12,14-15,18-19,23H,1-3,6-7,10H2/p+1/t14-,15-,17+/m1/s1. The predicted octanol–water partition coefficient (Wildman–Crippen LogP) is 0.197. The number of carbonyl (C=O) groups is 1. The SMILES string of the molecule is O=C1N(C2CCCCC2)C[C@@H]2[C@@H](c3cccc([N+](=O)[O-])c3)[NH2+]N[C@@]12O. The molecule has 0 bridgehead atoms. The molecule has 0 spiro atoms. The van der Waals surface area contributed by atoms with Crippen molar-refractivity contribution in [3.05, 3.63) is 39.9 Å². The number of hydrogen-bond donors (Lipinski definition) is 3. The summed E-state index contributed by atoms with van der Waals surface area (Å²) in [5.41, 5.74) is 3.77. The lowest BCUT2D eigenvalue weighted by Crippen LogP contribution is -2.93. The highest BCUT2D eigenvalue weighted by Crippen LogP contribution is 2.40. The quantitative estimate of drug-likeness (QED) is 0.411. The molecule has 2 heterocycles. The van der Waals surface area contributed by atoms with E-state index in [1.807, 2.05) is 11.0 Å². The molecule has 25 heavy (non-hydrogen) atoms. The fourth-order valence-corrected chi connectivity index (χ4v) is 4.56. The molecule has 8 heteroatoms. The van der Waals surface area contributed by atoms with Crippen LogP contribution in [-0.4, -0.2) is 39.1 Å². The van der Waals surface area contributed by atoms with Crippen LogP contribution < -0.4 is 10.9 Å². The van der Waals surface area contributed by atoms with Crippen molar-refractivity contribution in [3.63, 3.8) is 0 Å². The highest BCUT2D eigenvalue weighted by Gasteiger charge is 2.64. The molecule has 4 N–H and O–H groups in total. The van der Waals surface area contributed by atoms with Crippen LogP contribution in [0.3, 0.4) is 0 Å². The smallest absolute Gasteiger partial charge is 0.275 e. The lowest BCUT2D eigenvalue weighted by atomic mass is 9.89. The van der Waals surface area contributed by atoms with E-state index in [0.717, 1.165) is 31.2 Å². The second-order valence-electron chi connectivity index (χ2n) is 7.31. The number of nitrogens with two attached hydrogens (primary N) is 1. The Hall–Kier alpha value is -2.03. The van der Waals surface area contributed by atoms with E-state index in [4.69, 9.17) is 0 Å². The van der Waals surface area contributed by atoms with Crippen LogP contribution >= 0.6 is 0 Å². The molecule has 0 radical (unpaired) electrons. The van der Waals surface area contributed by atoms with Crippen molar-refractivity contribution in [3.8, 4) is 0 Å². The Balaban J connectivity index is 1.60. The summed E-state index contributed by atoms with van der Waals surface area (Å²) in [6, 6.07) is 6.41. The van der Waals surface area contributed by atoms with Gasteiger partial charge in [0.2, 0.25) is 0 Å². The summed E-state index contributed by atoms with van der Waals surface area (Å²) in [6.07, 6.45) is 5.41. The van der Waals surface area contributed by atoms with Crippen LogP contribution in [-0.2, 0) is 4.79 Å². The Morgan fingerprint density at radius 3 is 2.80 bits per heavy atom. The van der Waals surface area contributed by atoms with Gasteiger partial charge in [-0.05, 0) is 12.8 Å². The summed E-state index contributed by atoms with van der Waals surface area (Å²) in [6.45, 7) is 0.483. The van der Waals surface area contributed by atoms with Gasteiger partial charge in [0.1, 0.15) is 6.04 Å². The van der Waals surface area contributed by atoms with Gasteiger partial charge in [-0.2, -0.15) is 0 Å². The molecular formula is C17H23N4O4+. The summed E-state index contributed by atoms with van der Waals surface area (Å²) in [4.78, 5) is 25.3. The number of amides is 1. The molecule has 2 saturated heterocycles. The highest BCUT2D eigenvalue weighted by molar-refractivity contribution is 5.87. The maximum Gasteiger partial charge on any atom is 0.275 e. The molecule has 1 amide bonds.